The Kier molecular flexibility index (Phi) is 1.99. The van der Waals surface area contributed by atoms with Crippen LogP contribution in [0.3, 0.4) is 0 Å². The summed E-state index contributed by atoms with van der Waals surface area (Å²) < 4.78 is 0. The number of aromatic nitrogens is 1. The molecule has 2 N–H and O–H groups in total. The summed E-state index contributed by atoms with van der Waals surface area (Å²) in [6.45, 7) is 0. The minimum Gasteiger partial charge on any atom is -0.397 e. The highest BCUT2D eigenvalue weighted by molar-refractivity contribution is 5.58. The van der Waals surface area contributed by atoms with Crippen LogP contribution >= 0.6 is 0 Å². The molecule has 0 aromatic carbocycles. The fraction of sp³-hybridized carbons (Fsp3) is 0.143. The van der Waals surface area contributed by atoms with Gasteiger partial charge in [0, 0.05) is 12.6 Å². The molecule has 0 saturated heterocycles. The number of hydrogen-bond acceptors (Lipinski definition) is 3. The van der Waals surface area contributed by atoms with E-state index in [2.05, 4.69) is 4.98 Å². The van der Waals surface area contributed by atoms with Crippen LogP contribution in [-0.2, 0) is 11.2 Å². The van der Waals surface area contributed by atoms with Gasteiger partial charge in [0.15, 0.2) is 0 Å². The average Bonchev–Trinajstić information content (AvgIpc) is 1.94. The van der Waals surface area contributed by atoms with Crippen molar-refractivity contribution in [1.82, 2.24) is 4.98 Å². The van der Waals surface area contributed by atoms with E-state index in [0.29, 0.717) is 17.8 Å². The Labute approximate surface area is 58.9 Å². The number of pyridine rings is 1. The predicted octanol–water partition coefficient (Wildman–Crippen LogP) is 0.405. The highest BCUT2D eigenvalue weighted by atomic mass is 16.1. The zero-order valence-corrected chi connectivity index (χ0v) is 5.45. The van der Waals surface area contributed by atoms with Gasteiger partial charge in [0.1, 0.15) is 6.29 Å². The second-order valence-electron chi connectivity index (χ2n) is 1.91. The van der Waals surface area contributed by atoms with E-state index in [9.17, 15) is 4.79 Å². The summed E-state index contributed by atoms with van der Waals surface area (Å²) >= 11 is 0. The quantitative estimate of drug-likeness (QED) is 0.599. The maximum absolute atomic E-state index is 10.0. The van der Waals surface area contributed by atoms with Gasteiger partial charge in [0.05, 0.1) is 11.4 Å². The van der Waals surface area contributed by atoms with Gasteiger partial charge >= 0.3 is 0 Å². The molecule has 1 heterocycles. The first kappa shape index (κ1) is 6.74. The van der Waals surface area contributed by atoms with E-state index in [0.717, 1.165) is 6.29 Å². The number of carbonyl (C=O) groups is 1. The number of rotatable bonds is 2. The van der Waals surface area contributed by atoms with Crippen molar-refractivity contribution in [3.05, 3.63) is 24.0 Å². The van der Waals surface area contributed by atoms with Crippen molar-refractivity contribution in [2.45, 2.75) is 6.42 Å². The molecule has 0 aliphatic heterocycles. The highest BCUT2D eigenvalue weighted by Crippen LogP contribution is 2.05. The molecule has 3 heteroatoms. The van der Waals surface area contributed by atoms with E-state index in [1.807, 2.05) is 0 Å². The molecular formula is C7H8N2O. The molecule has 1 aromatic heterocycles. The minimum absolute atomic E-state index is 0.298. The van der Waals surface area contributed by atoms with Crippen molar-refractivity contribution < 1.29 is 4.79 Å². The molecule has 0 atom stereocenters. The van der Waals surface area contributed by atoms with E-state index in [1.165, 1.54) is 0 Å². The monoisotopic (exact) mass is 136 g/mol. The molecule has 0 amide bonds. The molecule has 1 rings (SSSR count). The Morgan fingerprint density at radius 3 is 3.10 bits per heavy atom. The van der Waals surface area contributed by atoms with E-state index in [-0.39, 0.29) is 0 Å². The molecule has 0 bridgehead atoms. The molecule has 0 aliphatic carbocycles. The number of anilines is 1. The molecule has 0 unspecified atom stereocenters. The van der Waals surface area contributed by atoms with Gasteiger partial charge in [-0.2, -0.15) is 0 Å². The average molecular weight is 136 g/mol. The van der Waals surface area contributed by atoms with Crippen LogP contribution < -0.4 is 5.73 Å². The largest absolute Gasteiger partial charge is 0.397 e. The van der Waals surface area contributed by atoms with Gasteiger partial charge in [-0.15, -0.1) is 0 Å². The highest BCUT2D eigenvalue weighted by Gasteiger charge is 1.95. The number of nitrogen functional groups attached to an aromatic ring is 1. The van der Waals surface area contributed by atoms with Crippen molar-refractivity contribution >= 4 is 12.0 Å². The first-order valence-corrected chi connectivity index (χ1v) is 2.97. The maximum Gasteiger partial charge on any atom is 0.126 e. The third kappa shape index (κ3) is 1.31. The number of carbonyl (C=O) groups excluding carboxylic acids is 1. The number of aldehydes is 1. The lowest BCUT2D eigenvalue weighted by molar-refractivity contribution is -0.107. The lowest BCUT2D eigenvalue weighted by Crippen LogP contribution is -1.97. The van der Waals surface area contributed by atoms with Gasteiger partial charge in [0.25, 0.3) is 0 Å². The van der Waals surface area contributed by atoms with Crippen molar-refractivity contribution in [1.29, 1.82) is 0 Å². The lowest BCUT2D eigenvalue weighted by atomic mass is 10.2. The molecule has 10 heavy (non-hydrogen) atoms. The Morgan fingerprint density at radius 1 is 1.70 bits per heavy atom. The summed E-state index contributed by atoms with van der Waals surface area (Å²) in [6.07, 6.45) is 2.71. The molecule has 0 radical (unpaired) electrons. The third-order valence-electron chi connectivity index (χ3n) is 1.20. The van der Waals surface area contributed by atoms with Crippen LogP contribution in [0.15, 0.2) is 18.3 Å². The SMILES string of the molecule is Nc1cccnc1CC=O. The normalized spacial score (nSPS) is 9.20. The Bertz CT molecular complexity index is 235. The van der Waals surface area contributed by atoms with Crippen molar-refractivity contribution in [2.75, 3.05) is 5.73 Å². The van der Waals surface area contributed by atoms with Crippen molar-refractivity contribution in [3.63, 3.8) is 0 Å². The first-order chi connectivity index (χ1) is 4.84. The fourth-order valence-electron chi connectivity index (χ4n) is 0.700. The molecular weight excluding hydrogens is 128 g/mol. The molecule has 0 spiro atoms. The second-order valence-corrected chi connectivity index (χ2v) is 1.91. The maximum atomic E-state index is 10.0. The van der Waals surface area contributed by atoms with E-state index in [1.54, 1.807) is 18.3 Å². The van der Waals surface area contributed by atoms with Gasteiger partial charge in [-0.1, -0.05) is 0 Å². The van der Waals surface area contributed by atoms with E-state index < -0.39 is 0 Å². The standard InChI is InChI=1S/C7H8N2O/c8-6-2-1-4-9-7(6)3-5-10/h1-2,4-5H,3,8H2. The van der Waals surface area contributed by atoms with Crippen LogP contribution in [0, 0.1) is 0 Å². The number of nitrogens with zero attached hydrogens (tertiary/aromatic N) is 1. The van der Waals surface area contributed by atoms with Crippen molar-refractivity contribution in [2.24, 2.45) is 0 Å². The minimum atomic E-state index is 0.298. The van der Waals surface area contributed by atoms with E-state index >= 15 is 0 Å². The summed E-state index contributed by atoms with van der Waals surface area (Å²) in [7, 11) is 0. The summed E-state index contributed by atoms with van der Waals surface area (Å²) in [5.74, 6) is 0. The van der Waals surface area contributed by atoms with Crippen molar-refractivity contribution in [3.8, 4) is 0 Å². The van der Waals surface area contributed by atoms with Gasteiger partial charge in [0.2, 0.25) is 0 Å². The zero-order valence-electron chi connectivity index (χ0n) is 5.45. The molecule has 1 aromatic rings. The second kappa shape index (κ2) is 2.96. The van der Waals surface area contributed by atoms with Gasteiger partial charge < -0.3 is 10.5 Å². The number of hydrogen-bond donors (Lipinski definition) is 1. The number of nitrogens with two attached hydrogens (primary N) is 1. The summed E-state index contributed by atoms with van der Waals surface area (Å²) in [5.41, 5.74) is 6.71. The summed E-state index contributed by atoms with van der Waals surface area (Å²) in [6, 6.07) is 3.47. The molecule has 3 nitrogen and oxygen atoms in total. The van der Waals surface area contributed by atoms with Crippen LogP contribution in [0.4, 0.5) is 5.69 Å². The zero-order chi connectivity index (χ0) is 7.40. The molecule has 0 saturated carbocycles. The van der Waals surface area contributed by atoms with Gasteiger partial charge in [-0.3, -0.25) is 4.98 Å². The van der Waals surface area contributed by atoms with Gasteiger partial charge in [-0.05, 0) is 12.1 Å². The van der Waals surface area contributed by atoms with Crippen LogP contribution in [0.5, 0.6) is 0 Å². The fourth-order valence-corrected chi connectivity index (χ4v) is 0.700. The van der Waals surface area contributed by atoms with Crippen LogP contribution in [0.25, 0.3) is 0 Å². The summed E-state index contributed by atoms with van der Waals surface area (Å²) in [4.78, 5) is 13.9. The van der Waals surface area contributed by atoms with Crippen LogP contribution in [0.2, 0.25) is 0 Å². The summed E-state index contributed by atoms with van der Waals surface area (Å²) in [5, 5.41) is 0. The Hall–Kier alpha value is -1.38. The molecule has 52 valence electrons. The van der Waals surface area contributed by atoms with Crippen LogP contribution in [-0.4, -0.2) is 11.3 Å². The molecule has 0 aliphatic rings. The smallest absolute Gasteiger partial charge is 0.126 e. The van der Waals surface area contributed by atoms with Gasteiger partial charge in [-0.25, -0.2) is 0 Å². The topological polar surface area (TPSA) is 56.0 Å². The molecule has 0 fully saturated rings. The third-order valence-corrected chi connectivity index (χ3v) is 1.20. The Balaban J connectivity index is 2.91. The van der Waals surface area contributed by atoms with Crippen LogP contribution in [0.1, 0.15) is 5.69 Å². The predicted molar refractivity (Wildman–Crippen MR) is 38.4 cm³/mol. The Morgan fingerprint density at radius 2 is 2.50 bits per heavy atom. The first-order valence-electron chi connectivity index (χ1n) is 2.97. The van der Waals surface area contributed by atoms with E-state index in [4.69, 9.17) is 5.73 Å². The lowest BCUT2D eigenvalue weighted by Gasteiger charge is -1.96.